The van der Waals surface area contributed by atoms with Crippen molar-refractivity contribution in [1.82, 2.24) is 10.6 Å². The first-order valence-corrected chi connectivity index (χ1v) is 11.9. The van der Waals surface area contributed by atoms with Crippen molar-refractivity contribution >= 4 is 15.7 Å². The fourth-order valence-electron chi connectivity index (χ4n) is 3.30. The number of alkyl halides is 3. The number of halogens is 5. The average Bonchev–Trinajstić information content (AvgIpc) is 3.52. The summed E-state index contributed by atoms with van der Waals surface area (Å²) in [6.45, 7) is 0. The Bertz CT molecular complexity index is 1170. The van der Waals surface area contributed by atoms with Crippen LogP contribution in [0.5, 0.6) is 0 Å². The third kappa shape index (κ3) is 6.74. The number of nitriles is 1. The number of rotatable bonds is 9. The second-order valence-electron chi connectivity index (χ2n) is 8.11. The molecule has 1 aliphatic rings. The lowest BCUT2D eigenvalue weighted by atomic mass is 10.0. The van der Waals surface area contributed by atoms with Crippen LogP contribution in [-0.4, -0.2) is 37.8 Å². The molecule has 2 atom stereocenters. The highest BCUT2D eigenvalue weighted by atomic mass is 32.2. The molecule has 34 heavy (non-hydrogen) atoms. The van der Waals surface area contributed by atoms with Gasteiger partial charge in [-0.05, 0) is 48.2 Å². The molecule has 0 unspecified atom stereocenters. The molecule has 0 aliphatic heterocycles. The Morgan fingerprint density at radius 3 is 2.03 bits per heavy atom. The molecule has 1 aliphatic carbocycles. The highest BCUT2D eigenvalue weighted by Crippen LogP contribution is 2.35. The Morgan fingerprint density at radius 1 is 1.03 bits per heavy atom. The number of carbonyl (C=O) groups excluding carboxylic acids is 1. The van der Waals surface area contributed by atoms with Gasteiger partial charge in [0.2, 0.25) is 5.91 Å². The Labute approximate surface area is 192 Å². The third-order valence-corrected chi connectivity index (χ3v) is 6.88. The molecule has 0 bridgehead atoms. The summed E-state index contributed by atoms with van der Waals surface area (Å²) in [5.41, 5.74) is -1.49. The van der Waals surface area contributed by atoms with Crippen LogP contribution >= 0.6 is 0 Å². The average molecular weight is 501 g/mol. The molecule has 3 rings (SSSR count). The van der Waals surface area contributed by atoms with Gasteiger partial charge in [-0.1, -0.05) is 24.3 Å². The molecule has 2 aromatic rings. The van der Waals surface area contributed by atoms with Gasteiger partial charge in [0.15, 0.2) is 9.84 Å². The van der Waals surface area contributed by atoms with E-state index in [1.807, 2.05) is 11.4 Å². The zero-order valence-electron chi connectivity index (χ0n) is 17.6. The van der Waals surface area contributed by atoms with Crippen LogP contribution in [0.15, 0.2) is 48.5 Å². The second-order valence-corrected chi connectivity index (χ2v) is 10.2. The van der Waals surface area contributed by atoms with E-state index < -0.39 is 68.2 Å². The van der Waals surface area contributed by atoms with Crippen molar-refractivity contribution in [3.63, 3.8) is 0 Å². The summed E-state index contributed by atoms with van der Waals surface area (Å²) in [6.07, 6.45) is -4.39. The Kier molecular flexibility index (Phi) is 7.28. The smallest absolute Gasteiger partial charge is 0.336 e. The molecule has 2 aromatic carbocycles. The van der Waals surface area contributed by atoms with E-state index in [0.29, 0.717) is 0 Å². The second kappa shape index (κ2) is 9.68. The fourth-order valence-corrected chi connectivity index (χ4v) is 4.87. The minimum atomic E-state index is -4.95. The first-order chi connectivity index (χ1) is 15.8. The van der Waals surface area contributed by atoms with E-state index in [0.717, 1.165) is 36.4 Å². The molecule has 2 N–H and O–H groups in total. The van der Waals surface area contributed by atoms with Gasteiger partial charge in [-0.15, -0.1) is 0 Å². The highest BCUT2D eigenvalue weighted by Gasteiger charge is 2.48. The van der Waals surface area contributed by atoms with Crippen molar-refractivity contribution in [3.05, 3.63) is 71.3 Å². The van der Waals surface area contributed by atoms with E-state index >= 15 is 0 Å². The summed E-state index contributed by atoms with van der Waals surface area (Å²) < 4.78 is 93.4. The molecule has 1 fully saturated rings. The van der Waals surface area contributed by atoms with E-state index in [1.54, 1.807) is 0 Å². The number of sulfone groups is 1. The van der Waals surface area contributed by atoms with E-state index in [-0.39, 0.29) is 18.4 Å². The quantitative estimate of drug-likeness (QED) is 0.514. The normalized spacial score (nSPS) is 16.8. The summed E-state index contributed by atoms with van der Waals surface area (Å²) in [6, 6.07) is 5.35. The molecule has 0 radical (unpaired) electrons. The van der Waals surface area contributed by atoms with Crippen LogP contribution in [0.1, 0.15) is 30.0 Å². The van der Waals surface area contributed by atoms with Crippen molar-refractivity contribution < 1.29 is 35.2 Å². The summed E-state index contributed by atoms with van der Waals surface area (Å²) in [7, 11) is -4.17. The zero-order valence-corrected chi connectivity index (χ0v) is 18.4. The van der Waals surface area contributed by atoms with Gasteiger partial charge < -0.3 is 5.32 Å². The summed E-state index contributed by atoms with van der Waals surface area (Å²) in [5.74, 6) is -4.12. The van der Waals surface area contributed by atoms with Crippen molar-refractivity contribution in [2.45, 2.75) is 42.4 Å². The van der Waals surface area contributed by atoms with Crippen LogP contribution in [0.25, 0.3) is 0 Å². The van der Waals surface area contributed by atoms with E-state index in [4.69, 9.17) is 0 Å². The maximum Gasteiger partial charge on any atom is 0.407 e. The summed E-state index contributed by atoms with van der Waals surface area (Å²) in [5, 5.41) is 13.6. The molecule has 1 amide bonds. The number of nitrogens with one attached hydrogen (secondary N) is 2. The van der Waals surface area contributed by atoms with Crippen molar-refractivity contribution in [2.75, 3.05) is 5.75 Å². The predicted molar refractivity (Wildman–Crippen MR) is 112 cm³/mol. The van der Waals surface area contributed by atoms with Gasteiger partial charge in [0.1, 0.15) is 29.3 Å². The summed E-state index contributed by atoms with van der Waals surface area (Å²) >= 11 is 0. The Balaban J connectivity index is 1.88. The van der Waals surface area contributed by atoms with Crippen molar-refractivity contribution in [1.29, 1.82) is 5.26 Å². The highest BCUT2D eigenvalue weighted by molar-refractivity contribution is 7.90. The number of hydrogen-bond donors (Lipinski definition) is 2. The van der Waals surface area contributed by atoms with Crippen molar-refractivity contribution in [3.8, 4) is 6.07 Å². The number of nitrogens with zero attached hydrogens (tertiary/aromatic N) is 1. The molecule has 0 spiro atoms. The SMILES string of the molecule is N#CC1(NC(=O)[C@H](CS(=O)(=O)Cc2ccc(F)cc2)N[C@@H](c2ccc(F)cc2)C(F)(F)F)CC1. The van der Waals surface area contributed by atoms with Gasteiger partial charge >= 0.3 is 6.18 Å². The maximum absolute atomic E-state index is 13.8. The number of carbonyl (C=O) groups is 1. The largest absolute Gasteiger partial charge is 0.407 e. The minimum Gasteiger partial charge on any atom is -0.336 e. The summed E-state index contributed by atoms with van der Waals surface area (Å²) in [4.78, 5) is 12.8. The van der Waals surface area contributed by atoms with Gasteiger partial charge in [-0.2, -0.15) is 18.4 Å². The monoisotopic (exact) mass is 501 g/mol. The fraction of sp³-hybridized carbons (Fsp3) is 0.364. The Hall–Kier alpha value is -3.04. The van der Waals surface area contributed by atoms with Gasteiger partial charge in [-0.25, -0.2) is 17.2 Å². The standard InChI is InChI=1S/C22H20F5N3O3S/c23-16-5-1-14(2-6-16)11-34(32,33)12-18(20(31)30-21(13-28)9-10-21)29-19(22(25,26)27)15-3-7-17(24)8-4-15/h1-8,18-19,29H,9-12H2,(H,30,31)/t18-,19-/m0/s1. The minimum absolute atomic E-state index is 0.183. The lowest BCUT2D eigenvalue weighted by Crippen LogP contribution is -2.54. The van der Waals surface area contributed by atoms with Crippen LogP contribution < -0.4 is 10.6 Å². The Morgan fingerprint density at radius 2 is 1.56 bits per heavy atom. The number of benzene rings is 2. The van der Waals surface area contributed by atoms with E-state index in [9.17, 15) is 40.4 Å². The molecule has 0 heterocycles. The van der Waals surface area contributed by atoms with Crippen LogP contribution in [0.3, 0.4) is 0 Å². The number of hydrogen-bond acceptors (Lipinski definition) is 5. The maximum atomic E-state index is 13.8. The molecular formula is C22H20F5N3O3S. The first kappa shape index (κ1) is 25.6. The third-order valence-electron chi connectivity index (χ3n) is 5.26. The topological polar surface area (TPSA) is 99.1 Å². The van der Waals surface area contributed by atoms with Gasteiger partial charge in [0.25, 0.3) is 0 Å². The first-order valence-electron chi connectivity index (χ1n) is 10.1. The van der Waals surface area contributed by atoms with E-state index in [1.165, 1.54) is 12.1 Å². The van der Waals surface area contributed by atoms with Crippen molar-refractivity contribution in [2.24, 2.45) is 0 Å². The number of amides is 1. The lowest BCUT2D eigenvalue weighted by molar-refractivity contribution is -0.160. The zero-order chi connectivity index (χ0) is 25.1. The van der Waals surface area contributed by atoms with Gasteiger partial charge in [0, 0.05) is 0 Å². The van der Waals surface area contributed by atoms with Crippen LogP contribution in [0.2, 0.25) is 0 Å². The predicted octanol–water partition coefficient (Wildman–Crippen LogP) is 3.31. The molecule has 12 heteroatoms. The molecule has 6 nitrogen and oxygen atoms in total. The van der Waals surface area contributed by atoms with Gasteiger partial charge in [0.05, 0.1) is 17.6 Å². The molecule has 182 valence electrons. The lowest BCUT2D eigenvalue weighted by Gasteiger charge is -2.28. The van der Waals surface area contributed by atoms with Crippen LogP contribution in [0.4, 0.5) is 22.0 Å². The van der Waals surface area contributed by atoms with Crippen LogP contribution in [-0.2, 0) is 20.4 Å². The molecular weight excluding hydrogens is 481 g/mol. The molecule has 0 saturated heterocycles. The van der Waals surface area contributed by atoms with E-state index in [2.05, 4.69) is 5.32 Å². The van der Waals surface area contributed by atoms with Gasteiger partial charge in [-0.3, -0.25) is 10.1 Å². The van der Waals surface area contributed by atoms with Crippen LogP contribution in [0, 0.1) is 23.0 Å². The molecule has 1 saturated carbocycles. The molecule has 0 aromatic heterocycles.